The van der Waals surface area contributed by atoms with Crippen LogP contribution in [0.15, 0.2) is 94.1 Å². The highest BCUT2D eigenvalue weighted by atomic mass is 79.9. The molecule has 0 radical (unpaired) electrons. The van der Waals surface area contributed by atoms with Crippen LogP contribution in [0, 0.1) is 0 Å². The molecule has 2 aromatic heterocycles. The van der Waals surface area contributed by atoms with E-state index in [-0.39, 0.29) is 0 Å². The van der Waals surface area contributed by atoms with Gasteiger partial charge in [0.15, 0.2) is 6.20 Å². The number of pyridine rings is 2. The molecule has 0 aliphatic carbocycles. The number of aromatic nitrogens is 2. The first-order chi connectivity index (χ1) is 14.7. The predicted octanol–water partition coefficient (Wildman–Crippen LogP) is 7.43. The largest absolute Gasteiger partial charge is 0.250 e. The number of aromatic amines is 1. The summed E-state index contributed by atoms with van der Waals surface area (Å²) < 4.78 is 2.16. The van der Waals surface area contributed by atoms with Crippen molar-refractivity contribution in [3.05, 3.63) is 116 Å². The van der Waals surface area contributed by atoms with Crippen LogP contribution < -0.4 is 4.98 Å². The highest BCUT2D eigenvalue weighted by Gasteiger charge is 2.08. The molecule has 2 nitrogen and oxygen atoms in total. The summed E-state index contributed by atoms with van der Waals surface area (Å²) in [5.74, 6) is 0. The zero-order chi connectivity index (χ0) is 20.8. The highest BCUT2D eigenvalue weighted by molar-refractivity contribution is 9.10. The lowest BCUT2D eigenvalue weighted by Gasteiger charge is -2.00. The number of rotatable bonds is 5. The molecule has 0 bridgehead atoms. The molecule has 2 heterocycles. The molecule has 0 aliphatic heterocycles. The first kappa shape index (κ1) is 20.5. The average molecular weight is 519 g/mol. The minimum atomic E-state index is 0.903. The van der Waals surface area contributed by atoms with Crippen molar-refractivity contribution in [2.24, 2.45) is 0 Å². The number of H-pyrrole nitrogens is 1. The number of hydrogen-bond acceptors (Lipinski definition) is 1. The Morgan fingerprint density at radius 3 is 1.90 bits per heavy atom. The zero-order valence-corrected chi connectivity index (χ0v) is 19.3. The van der Waals surface area contributed by atoms with Crippen LogP contribution in [0.4, 0.5) is 0 Å². The molecule has 0 atom stereocenters. The van der Waals surface area contributed by atoms with Gasteiger partial charge in [0.25, 0.3) is 0 Å². The molecule has 0 aliphatic rings. The first-order valence-corrected chi connectivity index (χ1v) is 11.1. The highest BCUT2D eigenvalue weighted by Crippen LogP contribution is 2.21. The third-order valence-electron chi connectivity index (χ3n) is 4.61. The van der Waals surface area contributed by atoms with Crippen molar-refractivity contribution in [2.75, 3.05) is 0 Å². The molecular weight excluding hydrogens is 500 g/mol. The smallest absolute Gasteiger partial charge is 0.230 e. The van der Waals surface area contributed by atoms with Gasteiger partial charge in [0.05, 0.1) is 0 Å². The van der Waals surface area contributed by atoms with Crippen molar-refractivity contribution >= 4 is 56.2 Å². The summed E-state index contributed by atoms with van der Waals surface area (Å²) in [6, 6.07) is 24.6. The Morgan fingerprint density at radius 1 is 0.667 bits per heavy atom. The molecule has 0 unspecified atom stereocenters. The van der Waals surface area contributed by atoms with E-state index >= 15 is 0 Å². The summed E-state index contributed by atoms with van der Waals surface area (Å²) in [6.45, 7) is 0. The molecule has 4 rings (SSSR count). The topological polar surface area (TPSA) is 27.0 Å². The quantitative estimate of drug-likeness (QED) is 0.270. The van der Waals surface area contributed by atoms with Crippen molar-refractivity contribution < 1.29 is 4.98 Å². The van der Waals surface area contributed by atoms with E-state index < -0.39 is 0 Å². The van der Waals surface area contributed by atoms with Gasteiger partial charge < -0.3 is 0 Å². The summed E-state index contributed by atoms with van der Waals surface area (Å²) in [4.78, 5) is 7.86. The number of benzene rings is 2. The van der Waals surface area contributed by atoms with E-state index in [4.69, 9.17) is 0 Å². The van der Waals surface area contributed by atoms with Gasteiger partial charge in [-0.1, -0.05) is 92.6 Å². The van der Waals surface area contributed by atoms with Crippen LogP contribution in [0.3, 0.4) is 0 Å². The number of nitrogens with zero attached hydrogens (tertiary/aromatic N) is 1. The fourth-order valence-corrected chi connectivity index (χ4v) is 3.86. The minimum Gasteiger partial charge on any atom is -0.250 e. The van der Waals surface area contributed by atoms with Gasteiger partial charge in [-0.05, 0) is 46.5 Å². The molecule has 30 heavy (non-hydrogen) atoms. The summed E-state index contributed by atoms with van der Waals surface area (Å²) in [6.07, 6.45) is 12.2. The van der Waals surface area contributed by atoms with Crippen molar-refractivity contribution in [1.29, 1.82) is 0 Å². The van der Waals surface area contributed by atoms with Gasteiger partial charge in [0.1, 0.15) is 5.69 Å². The van der Waals surface area contributed by atoms with Crippen molar-refractivity contribution in [3.8, 4) is 11.4 Å². The molecule has 0 saturated carbocycles. The van der Waals surface area contributed by atoms with E-state index in [1.54, 1.807) is 0 Å². The Balaban J connectivity index is 1.58. The molecule has 4 aromatic rings. The monoisotopic (exact) mass is 517 g/mol. The van der Waals surface area contributed by atoms with Gasteiger partial charge in [-0.25, -0.2) is 9.97 Å². The summed E-state index contributed by atoms with van der Waals surface area (Å²) in [5.41, 5.74) is 6.36. The Kier molecular flexibility index (Phi) is 6.67. The number of halogens is 2. The molecule has 2 aromatic carbocycles. The fraction of sp³-hybridized carbons (Fsp3) is 0. The molecule has 0 spiro atoms. The van der Waals surface area contributed by atoms with Crippen LogP contribution in [0.1, 0.15) is 22.3 Å². The third-order valence-corrected chi connectivity index (χ3v) is 6.05. The Morgan fingerprint density at radius 2 is 1.27 bits per heavy atom. The average Bonchev–Trinajstić information content (AvgIpc) is 2.78. The maximum absolute atomic E-state index is 4.55. The maximum Gasteiger partial charge on any atom is 0.230 e. The van der Waals surface area contributed by atoms with Gasteiger partial charge in [-0.15, -0.1) is 0 Å². The molecule has 1 N–H and O–H groups in total. The Bertz CT molecular complexity index is 1130. The summed E-state index contributed by atoms with van der Waals surface area (Å²) in [7, 11) is 0. The van der Waals surface area contributed by atoms with Gasteiger partial charge in [-0.3, -0.25) is 0 Å². The lowest BCUT2D eigenvalue weighted by atomic mass is 10.1. The Labute approximate surface area is 193 Å². The van der Waals surface area contributed by atoms with Gasteiger partial charge in [0.2, 0.25) is 5.69 Å². The van der Waals surface area contributed by atoms with E-state index in [9.17, 15) is 0 Å². The third kappa shape index (κ3) is 5.21. The predicted molar refractivity (Wildman–Crippen MR) is 132 cm³/mol. The SMILES string of the molecule is Brc1ccccc1/C=C/c1ccnc(-c2cc(/C=C/c3ccccc3Br)cc[nH+]2)c1. The van der Waals surface area contributed by atoms with Crippen LogP contribution in [0.25, 0.3) is 35.7 Å². The van der Waals surface area contributed by atoms with E-state index in [2.05, 4.69) is 90.4 Å². The molecule has 0 amide bonds. The lowest BCUT2D eigenvalue weighted by molar-refractivity contribution is -0.364. The number of nitrogens with one attached hydrogen (secondary N) is 1. The minimum absolute atomic E-state index is 0.903. The van der Waals surface area contributed by atoms with Crippen molar-refractivity contribution in [3.63, 3.8) is 0 Å². The van der Waals surface area contributed by atoms with Crippen LogP contribution in [0.5, 0.6) is 0 Å². The van der Waals surface area contributed by atoms with E-state index in [0.717, 1.165) is 42.6 Å². The molecule has 0 fully saturated rings. The second kappa shape index (κ2) is 9.79. The van der Waals surface area contributed by atoms with E-state index in [0.29, 0.717) is 0 Å². The summed E-state index contributed by atoms with van der Waals surface area (Å²) >= 11 is 7.18. The maximum atomic E-state index is 4.55. The van der Waals surface area contributed by atoms with Gasteiger partial charge in [-0.2, -0.15) is 0 Å². The zero-order valence-electron chi connectivity index (χ0n) is 16.1. The van der Waals surface area contributed by atoms with Crippen LogP contribution in [-0.4, -0.2) is 4.98 Å². The normalized spacial score (nSPS) is 11.4. The summed E-state index contributed by atoms with van der Waals surface area (Å²) in [5, 5.41) is 0. The van der Waals surface area contributed by atoms with Gasteiger partial charge in [0, 0.05) is 27.3 Å². The molecule has 146 valence electrons. The van der Waals surface area contributed by atoms with Crippen molar-refractivity contribution in [1.82, 2.24) is 4.98 Å². The standard InChI is InChI=1S/C26H18Br2N2/c27-23-7-3-1-5-21(23)11-9-19-13-15-29-25(17-19)26-18-20(14-16-30-26)10-12-22-6-2-4-8-24(22)28/h1-18H/p+1/b11-9+,12-10+. The lowest BCUT2D eigenvalue weighted by Crippen LogP contribution is -2.06. The van der Waals surface area contributed by atoms with Crippen LogP contribution in [0.2, 0.25) is 0 Å². The molecule has 4 heteroatoms. The van der Waals surface area contributed by atoms with Crippen LogP contribution >= 0.6 is 31.9 Å². The second-order valence-corrected chi connectivity index (χ2v) is 8.43. The second-order valence-electron chi connectivity index (χ2n) is 6.72. The van der Waals surface area contributed by atoms with Crippen LogP contribution in [-0.2, 0) is 0 Å². The van der Waals surface area contributed by atoms with Crippen molar-refractivity contribution in [2.45, 2.75) is 0 Å². The van der Waals surface area contributed by atoms with E-state index in [1.165, 1.54) is 0 Å². The first-order valence-electron chi connectivity index (χ1n) is 9.52. The van der Waals surface area contributed by atoms with Gasteiger partial charge >= 0.3 is 0 Å². The van der Waals surface area contributed by atoms with E-state index in [1.807, 2.05) is 60.9 Å². The molecular formula is C26H19Br2N2+. The Hall–Kier alpha value is -2.82. The fourth-order valence-electron chi connectivity index (χ4n) is 3.03. The molecule has 0 saturated heterocycles. The number of hydrogen-bond donors (Lipinski definition) is 0.